The van der Waals surface area contributed by atoms with Gasteiger partial charge in [0.2, 0.25) is 0 Å². The molecule has 7 heteroatoms. The Morgan fingerprint density at radius 3 is 2.50 bits per heavy atom. The van der Waals surface area contributed by atoms with Gasteiger partial charge in [-0.3, -0.25) is 9.59 Å². The van der Waals surface area contributed by atoms with Crippen LogP contribution in [0.1, 0.15) is 23.7 Å². The van der Waals surface area contributed by atoms with Crippen molar-refractivity contribution in [1.82, 2.24) is 0 Å². The zero-order chi connectivity index (χ0) is 15.3. The van der Waals surface area contributed by atoms with Crippen LogP contribution in [0.2, 0.25) is 5.02 Å². The number of ketones is 1. The van der Waals surface area contributed by atoms with Crippen LogP contribution < -0.4 is 0 Å². The fourth-order valence-electron chi connectivity index (χ4n) is 1.54. The van der Waals surface area contributed by atoms with Crippen molar-refractivity contribution in [2.75, 3.05) is 6.61 Å². The predicted octanol–water partition coefficient (Wildman–Crippen LogP) is 3.65. The molecule has 0 spiro atoms. The largest absolute Gasteiger partial charge is 0.466 e. The first-order chi connectivity index (χ1) is 9.25. The van der Waals surface area contributed by atoms with Crippen LogP contribution in [0.25, 0.3) is 0 Å². The van der Waals surface area contributed by atoms with Gasteiger partial charge in [-0.2, -0.15) is 13.2 Å². The average molecular weight is 309 g/mol. The van der Waals surface area contributed by atoms with Gasteiger partial charge in [-0.25, -0.2) is 0 Å². The molecule has 110 valence electrons. The molecule has 1 unspecified atom stereocenters. The van der Waals surface area contributed by atoms with E-state index in [-0.39, 0.29) is 17.2 Å². The monoisotopic (exact) mass is 308 g/mol. The van der Waals surface area contributed by atoms with E-state index >= 15 is 0 Å². The molecule has 0 saturated carbocycles. The Hall–Kier alpha value is -1.56. The number of rotatable bonds is 5. The highest BCUT2D eigenvalue weighted by Crippen LogP contribution is 2.31. The number of carbonyl (C=O) groups is 2. The zero-order valence-electron chi connectivity index (χ0n) is 10.5. The lowest BCUT2D eigenvalue weighted by atomic mass is 9.98. The van der Waals surface area contributed by atoms with Crippen molar-refractivity contribution in [3.05, 3.63) is 34.9 Å². The third kappa shape index (κ3) is 4.52. The third-order valence-electron chi connectivity index (χ3n) is 2.50. The first kappa shape index (κ1) is 16.5. The van der Waals surface area contributed by atoms with Crippen molar-refractivity contribution in [2.45, 2.75) is 19.5 Å². The molecule has 1 atom stereocenters. The van der Waals surface area contributed by atoms with Crippen molar-refractivity contribution in [3.63, 3.8) is 0 Å². The second kappa shape index (κ2) is 6.74. The van der Waals surface area contributed by atoms with E-state index in [4.69, 9.17) is 11.6 Å². The Kier molecular flexibility index (Phi) is 5.56. The summed E-state index contributed by atoms with van der Waals surface area (Å²) < 4.78 is 42.7. The van der Waals surface area contributed by atoms with Crippen LogP contribution in [0.15, 0.2) is 24.3 Å². The summed E-state index contributed by atoms with van der Waals surface area (Å²) in [5.41, 5.74) is 0.0241. The number of halogens is 4. The molecule has 1 aromatic carbocycles. The van der Waals surface area contributed by atoms with Crippen molar-refractivity contribution in [1.29, 1.82) is 0 Å². The summed E-state index contributed by atoms with van der Waals surface area (Å²) in [7, 11) is 0. The van der Waals surface area contributed by atoms with Crippen LogP contribution in [0.4, 0.5) is 13.2 Å². The highest BCUT2D eigenvalue weighted by molar-refractivity contribution is 6.31. The topological polar surface area (TPSA) is 43.4 Å². The number of esters is 1. The van der Waals surface area contributed by atoms with Crippen LogP contribution in [0.5, 0.6) is 0 Å². The molecule has 0 bridgehead atoms. The smallest absolute Gasteiger partial charge is 0.402 e. The Morgan fingerprint density at radius 1 is 1.35 bits per heavy atom. The molecule has 3 nitrogen and oxygen atoms in total. The Morgan fingerprint density at radius 2 is 2.00 bits per heavy atom. The van der Waals surface area contributed by atoms with Crippen LogP contribution in [0.3, 0.4) is 0 Å². The van der Waals surface area contributed by atoms with Crippen LogP contribution in [-0.4, -0.2) is 24.5 Å². The van der Waals surface area contributed by atoms with Gasteiger partial charge >= 0.3 is 12.1 Å². The molecule has 0 aliphatic heterocycles. The number of Topliss-reactive ketones (excluding diaryl/α,β-unsaturated/α-hetero) is 1. The maximum absolute atomic E-state index is 12.8. The lowest BCUT2D eigenvalue weighted by Crippen LogP contribution is -2.34. The molecule has 0 amide bonds. The Balaban J connectivity index is 2.90. The summed E-state index contributed by atoms with van der Waals surface area (Å²) in [6.07, 6.45) is -5.83. The summed E-state index contributed by atoms with van der Waals surface area (Å²) in [5.74, 6) is -4.73. The fraction of sp³-hybridized carbons (Fsp3) is 0.385. The summed E-state index contributed by atoms with van der Waals surface area (Å²) in [6, 6.07) is 5.53. The van der Waals surface area contributed by atoms with Gasteiger partial charge in [0.05, 0.1) is 6.61 Å². The predicted molar refractivity (Wildman–Crippen MR) is 66.6 cm³/mol. The molecule has 0 aliphatic carbocycles. The van der Waals surface area contributed by atoms with E-state index in [2.05, 4.69) is 4.74 Å². The van der Waals surface area contributed by atoms with Gasteiger partial charge in [-0.1, -0.05) is 23.7 Å². The van der Waals surface area contributed by atoms with Gasteiger partial charge in [0, 0.05) is 17.0 Å². The quantitative estimate of drug-likeness (QED) is 0.616. The molecule has 0 aliphatic rings. The molecule has 0 N–H and O–H groups in total. The number of alkyl halides is 3. The number of ether oxygens (including phenoxy) is 1. The van der Waals surface area contributed by atoms with E-state index in [1.807, 2.05) is 0 Å². The van der Waals surface area contributed by atoms with Crippen molar-refractivity contribution < 1.29 is 27.5 Å². The maximum Gasteiger partial charge on any atom is 0.402 e. The first-order valence-corrected chi connectivity index (χ1v) is 6.15. The Bertz CT molecular complexity index is 500. The van der Waals surface area contributed by atoms with E-state index in [0.29, 0.717) is 0 Å². The normalized spacial score (nSPS) is 12.8. The zero-order valence-corrected chi connectivity index (χ0v) is 11.3. The SMILES string of the molecule is CCOC(=O)C(CC(=O)c1cccc(Cl)c1)C(F)(F)F. The van der Waals surface area contributed by atoms with E-state index < -0.39 is 30.3 Å². The molecule has 0 radical (unpaired) electrons. The molecule has 0 aromatic heterocycles. The molecule has 1 rings (SSSR count). The Labute approximate surface area is 118 Å². The van der Waals surface area contributed by atoms with Crippen LogP contribution >= 0.6 is 11.6 Å². The van der Waals surface area contributed by atoms with Gasteiger partial charge in [0.1, 0.15) is 0 Å². The second-order valence-electron chi connectivity index (χ2n) is 3.98. The lowest BCUT2D eigenvalue weighted by molar-refractivity contribution is -0.196. The average Bonchev–Trinajstić information content (AvgIpc) is 2.34. The lowest BCUT2D eigenvalue weighted by Gasteiger charge is -2.17. The van der Waals surface area contributed by atoms with E-state index in [1.54, 1.807) is 0 Å². The number of carbonyl (C=O) groups excluding carboxylic acids is 2. The fourth-order valence-corrected chi connectivity index (χ4v) is 1.73. The van der Waals surface area contributed by atoms with E-state index in [1.165, 1.54) is 31.2 Å². The molecular formula is C13H12ClF3O3. The van der Waals surface area contributed by atoms with Crippen molar-refractivity contribution in [3.8, 4) is 0 Å². The molecule has 20 heavy (non-hydrogen) atoms. The molecule has 0 heterocycles. The van der Waals surface area contributed by atoms with E-state index in [9.17, 15) is 22.8 Å². The number of hydrogen-bond acceptors (Lipinski definition) is 3. The number of hydrogen-bond donors (Lipinski definition) is 0. The van der Waals surface area contributed by atoms with Gasteiger partial charge < -0.3 is 4.74 Å². The minimum Gasteiger partial charge on any atom is -0.466 e. The van der Waals surface area contributed by atoms with Crippen molar-refractivity contribution in [2.24, 2.45) is 5.92 Å². The second-order valence-corrected chi connectivity index (χ2v) is 4.42. The maximum atomic E-state index is 12.8. The number of benzene rings is 1. The van der Waals surface area contributed by atoms with Gasteiger partial charge in [0.15, 0.2) is 11.7 Å². The molecule has 1 aromatic rings. The molecule has 0 fully saturated rings. The summed E-state index contributed by atoms with van der Waals surface area (Å²) in [6.45, 7) is 1.21. The van der Waals surface area contributed by atoms with Gasteiger partial charge in [0.25, 0.3) is 0 Å². The highest BCUT2D eigenvalue weighted by Gasteiger charge is 2.47. The van der Waals surface area contributed by atoms with Gasteiger partial charge in [-0.05, 0) is 19.1 Å². The molecule has 0 saturated heterocycles. The minimum absolute atomic E-state index is 0.0241. The van der Waals surface area contributed by atoms with Gasteiger partial charge in [-0.15, -0.1) is 0 Å². The van der Waals surface area contributed by atoms with E-state index in [0.717, 1.165) is 0 Å². The van der Waals surface area contributed by atoms with Crippen molar-refractivity contribution >= 4 is 23.4 Å². The summed E-state index contributed by atoms with van der Waals surface area (Å²) in [5, 5.41) is 0.232. The molecular weight excluding hydrogens is 297 g/mol. The van der Waals surface area contributed by atoms with Crippen LogP contribution in [-0.2, 0) is 9.53 Å². The summed E-state index contributed by atoms with van der Waals surface area (Å²) in [4.78, 5) is 23.1. The standard InChI is InChI=1S/C13H12ClF3O3/c1-2-20-12(19)10(13(15,16)17)7-11(18)8-4-3-5-9(14)6-8/h3-6,10H,2,7H2,1H3. The van der Waals surface area contributed by atoms with Crippen LogP contribution in [0, 0.1) is 5.92 Å². The summed E-state index contributed by atoms with van der Waals surface area (Å²) >= 11 is 5.66. The highest BCUT2D eigenvalue weighted by atomic mass is 35.5. The first-order valence-electron chi connectivity index (χ1n) is 5.77. The third-order valence-corrected chi connectivity index (χ3v) is 2.74. The minimum atomic E-state index is -4.83.